The fourth-order valence-electron chi connectivity index (χ4n) is 7.72. The van der Waals surface area contributed by atoms with Crippen LogP contribution in [0.3, 0.4) is 0 Å². The second-order valence-corrected chi connectivity index (χ2v) is 17.5. The first-order valence-electron chi connectivity index (χ1n) is 23.5. The summed E-state index contributed by atoms with van der Waals surface area (Å²) < 4.78 is 0. The van der Waals surface area contributed by atoms with E-state index in [1.165, 1.54) is 132 Å². The van der Waals surface area contributed by atoms with Crippen LogP contribution in [0.1, 0.15) is 192 Å². The Kier molecular flexibility index (Phi) is 26.9. The molecule has 0 radical (unpaired) electrons. The molecular formula is C51H88N6. The van der Waals surface area contributed by atoms with Gasteiger partial charge in [0.2, 0.25) is 0 Å². The highest BCUT2D eigenvalue weighted by atomic mass is 15.2. The van der Waals surface area contributed by atoms with Gasteiger partial charge in [0.1, 0.15) is 0 Å². The zero-order valence-corrected chi connectivity index (χ0v) is 39.1. The lowest BCUT2D eigenvalue weighted by Gasteiger charge is -2.21. The minimum atomic E-state index is 0.542. The Labute approximate surface area is 353 Å². The van der Waals surface area contributed by atoms with E-state index < -0.39 is 0 Å². The number of unbranched alkanes of at least 4 members (excludes halogenated alkanes) is 6. The summed E-state index contributed by atoms with van der Waals surface area (Å²) >= 11 is 0. The molecule has 3 aromatic heterocycles. The smallest absolute Gasteiger partial charge is 0.0897 e. The Bertz CT molecular complexity index is 1320. The maximum absolute atomic E-state index is 5.34. The molecule has 6 nitrogen and oxygen atoms in total. The van der Waals surface area contributed by atoms with E-state index in [1.54, 1.807) is 0 Å². The quantitative estimate of drug-likeness (QED) is 0.0699. The summed E-state index contributed by atoms with van der Waals surface area (Å²) in [5.41, 5.74) is 8.31. The molecule has 3 rings (SSSR count). The van der Waals surface area contributed by atoms with Crippen LogP contribution in [0.15, 0.2) is 48.8 Å². The van der Waals surface area contributed by atoms with Crippen LogP contribution in [0.2, 0.25) is 0 Å². The van der Waals surface area contributed by atoms with E-state index in [4.69, 9.17) is 15.0 Å². The van der Waals surface area contributed by atoms with E-state index in [0.717, 1.165) is 49.0 Å². The van der Waals surface area contributed by atoms with Crippen LogP contribution in [-0.2, 0) is 0 Å². The predicted molar refractivity (Wildman–Crippen MR) is 251 cm³/mol. The Hall–Kier alpha value is -2.67. The number of nitrogens with zero attached hydrogens (tertiary/aromatic N) is 6. The standard InChI is InChI=1S/C42H65N3.C9H23N3/c1-7-13-19-33(20-14-8-2)36-25-27-43-39(29-36)41-31-38(35(23-17-11-5)24-18-12-6)32-42(45-41)40-30-37(26-28-44-40)34(21-15-9-3)22-16-10-4;1-10(2)6-8-12(5)9-7-11(3)4/h25-35H,7-24H2,1-6H3;6-9H2,1-5H3. The van der Waals surface area contributed by atoms with Crippen molar-refractivity contribution in [2.24, 2.45) is 0 Å². The highest BCUT2D eigenvalue weighted by Crippen LogP contribution is 2.36. The molecule has 0 unspecified atom stereocenters. The molecule has 3 heterocycles. The number of aromatic nitrogens is 3. The normalized spacial score (nSPS) is 11.8. The third kappa shape index (κ3) is 20.2. The largest absolute Gasteiger partial charge is 0.308 e. The summed E-state index contributed by atoms with van der Waals surface area (Å²) in [4.78, 5) is 22.0. The van der Waals surface area contributed by atoms with Crippen molar-refractivity contribution in [3.63, 3.8) is 0 Å². The molecule has 3 aromatic rings. The van der Waals surface area contributed by atoms with Crippen molar-refractivity contribution in [3.8, 4) is 22.8 Å². The Morgan fingerprint density at radius 3 is 1.00 bits per heavy atom. The maximum Gasteiger partial charge on any atom is 0.0897 e. The third-order valence-corrected chi connectivity index (χ3v) is 11.6. The fraction of sp³-hybridized carbons (Fsp3) is 0.706. The molecule has 0 atom stereocenters. The number of likely N-dealkylation sites (N-methyl/N-ethyl adjacent to an activating group) is 3. The molecule has 0 N–H and O–H groups in total. The highest BCUT2D eigenvalue weighted by molar-refractivity contribution is 5.64. The maximum atomic E-state index is 5.34. The molecule has 0 fully saturated rings. The SMILES string of the molecule is CCCCC(CCCC)c1ccnc(-c2cc(C(CCCC)CCCC)cc(-c3cc(C(CCCC)CCCC)ccn3)n2)c1.CN(C)CCN(C)CCN(C)C. The van der Waals surface area contributed by atoms with Gasteiger partial charge in [0.25, 0.3) is 0 Å². The minimum absolute atomic E-state index is 0.542. The summed E-state index contributed by atoms with van der Waals surface area (Å²) in [5, 5.41) is 0. The Morgan fingerprint density at radius 2 is 0.702 bits per heavy atom. The molecule has 0 spiro atoms. The summed E-state index contributed by atoms with van der Waals surface area (Å²) in [7, 11) is 10.6. The van der Waals surface area contributed by atoms with Gasteiger partial charge in [0, 0.05) is 38.6 Å². The zero-order valence-electron chi connectivity index (χ0n) is 39.1. The first-order valence-corrected chi connectivity index (χ1v) is 23.5. The molecule has 0 aliphatic rings. The predicted octanol–water partition coefficient (Wildman–Crippen LogP) is 13.6. The van der Waals surface area contributed by atoms with Gasteiger partial charge in [-0.2, -0.15) is 0 Å². The first-order chi connectivity index (χ1) is 27.6. The lowest BCUT2D eigenvalue weighted by molar-refractivity contribution is 0.254. The van der Waals surface area contributed by atoms with E-state index >= 15 is 0 Å². The topological polar surface area (TPSA) is 48.4 Å². The average Bonchev–Trinajstić information content (AvgIpc) is 3.22. The molecule has 0 saturated carbocycles. The van der Waals surface area contributed by atoms with Gasteiger partial charge in [0.15, 0.2) is 0 Å². The van der Waals surface area contributed by atoms with Crippen molar-refractivity contribution in [2.45, 2.75) is 175 Å². The van der Waals surface area contributed by atoms with Crippen molar-refractivity contribution in [2.75, 3.05) is 61.4 Å². The number of hydrogen-bond donors (Lipinski definition) is 0. The van der Waals surface area contributed by atoms with Crippen LogP contribution in [0.5, 0.6) is 0 Å². The molecule has 0 amide bonds. The van der Waals surface area contributed by atoms with Gasteiger partial charge in [0.05, 0.1) is 22.8 Å². The fourth-order valence-corrected chi connectivity index (χ4v) is 7.72. The minimum Gasteiger partial charge on any atom is -0.308 e. The van der Waals surface area contributed by atoms with Gasteiger partial charge in [-0.1, -0.05) is 119 Å². The van der Waals surface area contributed by atoms with Crippen LogP contribution in [-0.4, -0.2) is 91.1 Å². The second-order valence-electron chi connectivity index (χ2n) is 17.5. The van der Waals surface area contributed by atoms with Crippen LogP contribution in [0.25, 0.3) is 22.8 Å². The van der Waals surface area contributed by atoms with Crippen molar-refractivity contribution < 1.29 is 0 Å². The summed E-state index contributed by atoms with van der Waals surface area (Å²) in [6, 6.07) is 14.0. The molecule has 57 heavy (non-hydrogen) atoms. The molecule has 0 aliphatic heterocycles. The van der Waals surface area contributed by atoms with E-state index in [-0.39, 0.29) is 0 Å². The van der Waals surface area contributed by atoms with Gasteiger partial charge in [-0.3, -0.25) is 9.97 Å². The number of rotatable bonds is 29. The monoisotopic (exact) mass is 785 g/mol. The zero-order chi connectivity index (χ0) is 41.8. The van der Waals surface area contributed by atoms with Crippen LogP contribution < -0.4 is 0 Å². The van der Waals surface area contributed by atoms with Crippen LogP contribution >= 0.6 is 0 Å². The number of pyridine rings is 3. The Morgan fingerprint density at radius 1 is 0.404 bits per heavy atom. The van der Waals surface area contributed by atoms with Crippen LogP contribution in [0, 0.1) is 0 Å². The van der Waals surface area contributed by atoms with Gasteiger partial charge in [-0.05, 0) is 145 Å². The van der Waals surface area contributed by atoms with Crippen molar-refractivity contribution >= 4 is 0 Å². The van der Waals surface area contributed by atoms with Gasteiger partial charge in [-0.15, -0.1) is 0 Å². The molecule has 0 bridgehead atoms. The van der Waals surface area contributed by atoms with E-state index in [0.29, 0.717) is 17.8 Å². The lowest BCUT2D eigenvalue weighted by Crippen LogP contribution is -2.33. The molecule has 322 valence electrons. The summed E-state index contributed by atoms with van der Waals surface area (Å²) in [6.45, 7) is 18.4. The van der Waals surface area contributed by atoms with Gasteiger partial charge < -0.3 is 14.7 Å². The molecule has 0 aliphatic carbocycles. The summed E-state index contributed by atoms with van der Waals surface area (Å²) in [6.07, 6.45) is 26.6. The molecule has 6 heteroatoms. The van der Waals surface area contributed by atoms with E-state index in [1.807, 2.05) is 12.4 Å². The van der Waals surface area contributed by atoms with Crippen LogP contribution in [0.4, 0.5) is 0 Å². The summed E-state index contributed by atoms with van der Waals surface area (Å²) in [5.74, 6) is 1.73. The molecular weight excluding hydrogens is 697 g/mol. The van der Waals surface area contributed by atoms with E-state index in [2.05, 4.69) is 128 Å². The second kappa shape index (κ2) is 30.4. The Balaban J connectivity index is 0.000000804. The van der Waals surface area contributed by atoms with Gasteiger partial charge >= 0.3 is 0 Å². The lowest BCUT2D eigenvalue weighted by atomic mass is 9.87. The number of hydrogen-bond acceptors (Lipinski definition) is 6. The van der Waals surface area contributed by atoms with Crippen molar-refractivity contribution in [1.82, 2.24) is 29.7 Å². The molecule has 0 saturated heterocycles. The highest BCUT2D eigenvalue weighted by Gasteiger charge is 2.19. The average molecular weight is 785 g/mol. The van der Waals surface area contributed by atoms with E-state index in [9.17, 15) is 0 Å². The first kappa shape index (κ1) is 50.5. The van der Waals surface area contributed by atoms with Gasteiger partial charge in [-0.25, -0.2) is 4.98 Å². The van der Waals surface area contributed by atoms with Crippen molar-refractivity contribution in [1.29, 1.82) is 0 Å². The third-order valence-electron chi connectivity index (χ3n) is 11.6. The molecule has 0 aromatic carbocycles. The van der Waals surface area contributed by atoms with Crippen molar-refractivity contribution in [3.05, 3.63) is 65.5 Å².